The summed E-state index contributed by atoms with van der Waals surface area (Å²) in [7, 11) is 0. The summed E-state index contributed by atoms with van der Waals surface area (Å²) in [6.45, 7) is 6.75. The molecule has 1 heteroatoms. The number of hydrogen-bond acceptors (Lipinski definition) is 0. The standard InChI is InChI=1S/C13H17Cl/c1-9(2)10-6-11(8-12(14)7-10)13(3)4-5-13/h6-9H,4-5H2,1-3H3. The van der Waals surface area contributed by atoms with Crippen LogP contribution in [-0.4, -0.2) is 0 Å². The Morgan fingerprint density at radius 2 is 1.86 bits per heavy atom. The van der Waals surface area contributed by atoms with Crippen LogP contribution in [-0.2, 0) is 5.41 Å². The summed E-state index contributed by atoms with van der Waals surface area (Å²) >= 11 is 6.13. The van der Waals surface area contributed by atoms with Crippen molar-refractivity contribution in [3.05, 3.63) is 34.3 Å². The normalized spacial score (nSPS) is 18.6. The summed E-state index contributed by atoms with van der Waals surface area (Å²) in [5, 5.41) is 0.888. The second-order valence-electron chi connectivity index (χ2n) is 4.99. The van der Waals surface area contributed by atoms with Gasteiger partial charge >= 0.3 is 0 Å². The summed E-state index contributed by atoms with van der Waals surface area (Å²) in [5.41, 5.74) is 3.21. The molecule has 0 aliphatic heterocycles. The molecule has 0 saturated heterocycles. The molecule has 1 aromatic carbocycles. The molecule has 0 atom stereocenters. The van der Waals surface area contributed by atoms with E-state index in [1.54, 1.807) is 0 Å². The molecule has 0 N–H and O–H groups in total. The number of rotatable bonds is 2. The molecule has 1 aliphatic rings. The zero-order valence-electron chi connectivity index (χ0n) is 9.10. The Kier molecular flexibility index (Phi) is 2.35. The van der Waals surface area contributed by atoms with Gasteiger partial charge in [-0.15, -0.1) is 0 Å². The molecule has 1 fully saturated rings. The molecule has 1 aliphatic carbocycles. The Morgan fingerprint density at radius 1 is 1.21 bits per heavy atom. The van der Waals surface area contributed by atoms with Gasteiger partial charge in [-0.05, 0) is 47.4 Å². The van der Waals surface area contributed by atoms with Gasteiger partial charge in [0.05, 0.1) is 0 Å². The van der Waals surface area contributed by atoms with Crippen LogP contribution in [0.5, 0.6) is 0 Å². The Balaban J connectivity index is 2.42. The van der Waals surface area contributed by atoms with Gasteiger partial charge in [0.2, 0.25) is 0 Å². The van der Waals surface area contributed by atoms with E-state index in [2.05, 4.69) is 39.0 Å². The van der Waals surface area contributed by atoms with E-state index in [1.807, 2.05) is 0 Å². The topological polar surface area (TPSA) is 0 Å². The Hall–Kier alpha value is -0.490. The van der Waals surface area contributed by atoms with Crippen LogP contribution < -0.4 is 0 Å². The minimum Gasteiger partial charge on any atom is -0.0843 e. The van der Waals surface area contributed by atoms with Crippen molar-refractivity contribution in [2.24, 2.45) is 0 Å². The van der Waals surface area contributed by atoms with Crippen molar-refractivity contribution in [3.63, 3.8) is 0 Å². The molecule has 2 rings (SSSR count). The minimum atomic E-state index is 0.425. The van der Waals surface area contributed by atoms with E-state index in [4.69, 9.17) is 11.6 Å². The Bertz CT molecular complexity index is 348. The maximum atomic E-state index is 6.13. The number of halogens is 1. The van der Waals surface area contributed by atoms with Gasteiger partial charge in [-0.25, -0.2) is 0 Å². The van der Waals surface area contributed by atoms with E-state index < -0.39 is 0 Å². The third-order valence-electron chi connectivity index (χ3n) is 3.28. The second-order valence-corrected chi connectivity index (χ2v) is 5.43. The number of benzene rings is 1. The van der Waals surface area contributed by atoms with E-state index >= 15 is 0 Å². The molecule has 0 nitrogen and oxygen atoms in total. The first-order valence-corrected chi connectivity index (χ1v) is 5.70. The Morgan fingerprint density at radius 3 is 2.36 bits per heavy atom. The van der Waals surface area contributed by atoms with Crippen LogP contribution in [0.4, 0.5) is 0 Å². The van der Waals surface area contributed by atoms with Gasteiger partial charge in [0.25, 0.3) is 0 Å². The molecule has 0 unspecified atom stereocenters. The maximum absolute atomic E-state index is 6.13. The first kappa shape index (κ1) is 10.0. The Labute approximate surface area is 91.3 Å². The maximum Gasteiger partial charge on any atom is 0.0411 e. The minimum absolute atomic E-state index is 0.425. The highest BCUT2D eigenvalue weighted by molar-refractivity contribution is 6.30. The molecular weight excluding hydrogens is 192 g/mol. The van der Waals surface area contributed by atoms with E-state index in [0.29, 0.717) is 11.3 Å². The van der Waals surface area contributed by atoms with Gasteiger partial charge in [-0.2, -0.15) is 0 Å². The number of hydrogen-bond donors (Lipinski definition) is 0. The van der Waals surface area contributed by atoms with Crippen molar-refractivity contribution in [3.8, 4) is 0 Å². The fraction of sp³-hybridized carbons (Fsp3) is 0.538. The molecule has 0 radical (unpaired) electrons. The van der Waals surface area contributed by atoms with E-state index in [9.17, 15) is 0 Å². The molecule has 76 valence electrons. The quantitative estimate of drug-likeness (QED) is 0.671. The molecule has 0 spiro atoms. The molecule has 0 aromatic heterocycles. The fourth-order valence-electron chi connectivity index (χ4n) is 1.77. The average Bonchev–Trinajstić information content (AvgIpc) is 2.84. The first-order chi connectivity index (χ1) is 6.51. The van der Waals surface area contributed by atoms with E-state index in [-0.39, 0.29) is 0 Å². The van der Waals surface area contributed by atoms with Crippen molar-refractivity contribution in [1.82, 2.24) is 0 Å². The predicted molar refractivity (Wildman–Crippen MR) is 62.1 cm³/mol. The monoisotopic (exact) mass is 208 g/mol. The van der Waals surface area contributed by atoms with Crippen LogP contribution in [0.3, 0.4) is 0 Å². The van der Waals surface area contributed by atoms with Gasteiger partial charge < -0.3 is 0 Å². The molecule has 0 bridgehead atoms. The molecule has 0 heterocycles. The van der Waals surface area contributed by atoms with Crippen molar-refractivity contribution in [2.45, 2.75) is 44.9 Å². The fourth-order valence-corrected chi connectivity index (χ4v) is 2.01. The smallest absolute Gasteiger partial charge is 0.0411 e. The van der Waals surface area contributed by atoms with Crippen LogP contribution in [0, 0.1) is 0 Å². The lowest BCUT2D eigenvalue weighted by molar-refractivity contribution is 0.777. The second kappa shape index (κ2) is 3.27. The van der Waals surface area contributed by atoms with Crippen LogP contribution in [0.1, 0.15) is 50.7 Å². The predicted octanol–water partition coefficient (Wildman–Crippen LogP) is 4.51. The van der Waals surface area contributed by atoms with Gasteiger partial charge in [-0.3, -0.25) is 0 Å². The van der Waals surface area contributed by atoms with Crippen LogP contribution in [0.25, 0.3) is 0 Å². The zero-order chi connectivity index (χ0) is 10.3. The largest absolute Gasteiger partial charge is 0.0843 e. The molecule has 1 saturated carbocycles. The summed E-state index contributed by atoms with van der Waals surface area (Å²) in [5.74, 6) is 0.565. The molecule has 0 amide bonds. The van der Waals surface area contributed by atoms with Gasteiger partial charge in [0, 0.05) is 5.02 Å². The lowest BCUT2D eigenvalue weighted by Crippen LogP contribution is -2.01. The SMILES string of the molecule is CC(C)c1cc(Cl)cc(C2(C)CC2)c1. The van der Waals surface area contributed by atoms with Crippen molar-refractivity contribution in [2.75, 3.05) is 0 Å². The summed E-state index contributed by atoms with van der Waals surface area (Å²) in [6, 6.07) is 6.53. The van der Waals surface area contributed by atoms with Crippen LogP contribution in [0.2, 0.25) is 5.02 Å². The zero-order valence-corrected chi connectivity index (χ0v) is 9.86. The van der Waals surface area contributed by atoms with Crippen LogP contribution >= 0.6 is 11.6 Å². The first-order valence-electron chi connectivity index (χ1n) is 5.32. The average molecular weight is 209 g/mol. The van der Waals surface area contributed by atoms with Gasteiger partial charge in [0.15, 0.2) is 0 Å². The summed E-state index contributed by atoms with van der Waals surface area (Å²) in [6.07, 6.45) is 2.62. The van der Waals surface area contributed by atoms with Crippen molar-refractivity contribution < 1.29 is 0 Å². The van der Waals surface area contributed by atoms with E-state index in [1.165, 1.54) is 24.0 Å². The highest BCUT2D eigenvalue weighted by atomic mass is 35.5. The lowest BCUT2D eigenvalue weighted by Gasteiger charge is -2.13. The summed E-state index contributed by atoms with van der Waals surface area (Å²) < 4.78 is 0. The third-order valence-corrected chi connectivity index (χ3v) is 3.50. The van der Waals surface area contributed by atoms with Gasteiger partial charge in [0.1, 0.15) is 0 Å². The lowest BCUT2D eigenvalue weighted by atomic mass is 9.93. The summed E-state index contributed by atoms with van der Waals surface area (Å²) in [4.78, 5) is 0. The molecular formula is C13H17Cl. The highest BCUT2D eigenvalue weighted by Gasteiger charge is 2.39. The van der Waals surface area contributed by atoms with Crippen LogP contribution in [0.15, 0.2) is 18.2 Å². The van der Waals surface area contributed by atoms with Gasteiger partial charge in [-0.1, -0.05) is 38.4 Å². The molecule has 14 heavy (non-hydrogen) atoms. The van der Waals surface area contributed by atoms with Crippen molar-refractivity contribution in [1.29, 1.82) is 0 Å². The van der Waals surface area contributed by atoms with E-state index in [0.717, 1.165) is 5.02 Å². The highest BCUT2D eigenvalue weighted by Crippen LogP contribution is 2.48. The third kappa shape index (κ3) is 1.81. The van der Waals surface area contributed by atoms with Crippen molar-refractivity contribution >= 4 is 11.6 Å². The molecule has 1 aromatic rings.